The van der Waals surface area contributed by atoms with Gasteiger partial charge >= 0.3 is 0 Å². The summed E-state index contributed by atoms with van der Waals surface area (Å²) in [5.74, 6) is -1.82. The minimum absolute atomic E-state index is 0.137. The summed E-state index contributed by atoms with van der Waals surface area (Å²) >= 11 is 0. The molecule has 0 bridgehead atoms. The highest BCUT2D eigenvalue weighted by atomic mass is 19.1. The molecule has 4 rings (SSSR count). The molecule has 1 aliphatic heterocycles. The number of aryl methyl sites for hydroxylation is 1. The van der Waals surface area contributed by atoms with Crippen LogP contribution in [0.2, 0.25) is 0 Å². The van der Waals surface area contributed by atoms with Crippen LogP contribution in [0.5, 0.6) is 0 Å². The number of carbonyl (C=O) groups is 2. The molecule has 1 aromatic heterocycles. The van der Waals surface area contributed by atoms with E-state index in [9.17, 15) is 18.4 Å². The summed E-state index contributed by atoms with van der Waals surface area (Å²) < 4.78 is 34.3. The van der Waals surface area contributed by atoms with E-state index < -0.39 is 23.7 Å². The Labute approximate surface area is 202 Å². The zero-order valence-corrected chi connectivity index (χ0v) is 19.5. The number of carbonyl (C=O) groups excluding carboxylic acids is 2. The van der Waals surface area contributed by atoms with Gasteiger partial charge in [-0.25, -0.2) is 13.8 Å². The summed E-state index contributed by atoms with van der Waals surface area (Å²) in [5.41, 5.74) is 2.44. The maximum atomic E-state index is 13.7. The Morgan fingerprint density at radius 2 is 1.86 bits per heavy atom. The number of benzene rings is 2. The van der Waals surface area contributed by atoms with Crippen LogP contribution < -0.4 is 0 Å². The Morgan fingerprint density at radius 3 is 2.51 bits per heavy atom. The summed E-state index contributed by atoms with van der Waals surface area (Å²) in [6, 6.07) is 14.6. The van der Waals surface area contributed by atoms with E-state index in [1.807, 2.05) is 29.9 Å². The van der Waals surface area contributed by atoms with Crippen molar-refractivity contribution in [2.24, 2.45) is 12.1 Å². The fraction of sp³-hybridized carbons (Fsp3) is 0.269. The molecule has 182 valence electrons. The van der Waals surface area contributed by atoms with Crippen molar-refractivity contribution in [3.05, 3.63) is 95.3 Å². The molecule has 0 unspecified atom stereocenters. The van der Waals surface area contributed by atoms with Gasteiger partial charge in [0.2, 0.25) is 0 Å². The highest BCUT2D eigenvalue weighted by Crippen LogP contribution is 2.33. The van der Waals surface area contributed by atoms with Gasteiger partial charge in [-0.1, -0.05) is 18.2 Å². The van der Waals surface area contributed by atoms with Crippen LogP contribution in [0.4, 0.5) is 8.78 Å². The van der Waals surface area contributed by atoms with E-state index in [1.165, 1.54) is 47.4 Å². The van der Waals surface area contributed by atoms with E-state index in [2.05, 4.69) is 5.10 Å². The van der Waals surface area contributed by atoms with Crippen molar-refractivity contribution in [3.8, 4) is 0 Å². The largest absolute Gasteiger partial charge is 0.383 e. The first-order valence-electron chi connectivity index (χ1n) is 11.2. The number of nitrogens with zero attached hydrogens (tertiary/aromatic N) is 4. The van der Waals surface area contributed by atoms with Gasteiger partial charge in [-0.2, -0.15) is 5.10 Å². The lowest BCUT2D eigenvalue weighted by atomic mass is 10.0. The van der Waals surface area contributed by atoms with Gasteiger partial charge in [0.15, 0.2) is 0 Å². The summed E-state index contributed by atoms with van der Waals surface area (Å²) in [5, 5.41) is 5.96. The Morgan fingerprint density at radius 1 is 1.09 bits per heavy atom. The van der Waals surface area contributed by atoms with Gasteiger partial charge in [-0.15, -0.1) is 0 Å². The topological polar surface area (TPSA) is 67.1 Å². The van der Waals surface area contributed by atoms with Gasteiger partial charge < -0.3 is 14.2 Å². The Kier molecular flexibility index (Phi) is 7.36. The number of halogens is 2. The quantitative estimate of drug-likeness (QED) is 0.493. The van der Waals surface area contributed by atoms with Gasteiger partial charge in [0, 0.05) is 38.9 Å². The highest BCUT2D eigenvalue weighted by Gasteiger charge is 2.35. The van der Waals surface area contributed by atoms with Crippen LogP contribution in [0, 0.1) is 11.6 Å². The minimum Gasteiger partial charge on any atom is -0.383 e. The molecule has 0 fully saturated rings. The van der Waals surface area contributed by atoms with Crippen LogP contribution in [-0.4, -0.2) is 58.8 Å². The van der Waals surface area contributed by atoms with Crippen molar-refractivity contribution in [1.29, 1.82) is 0 Å². The third-order valence-corrected chi connectivity index (χ3v) is 5.91. The molecule has 3 aromatic rings. The summed E-state index contributed by atoms with van der Waals surface area (Å²) in [6.45, 7) is 0.0644. The van der Waals surface area contributed by atoms with Crippen LogP contribution in [-0.2, 0) is 16.6 Å². The standard InChI is InChI=1S/C26H26F2N4O3/c1-30-12-4-7-23(30)22-16-24(18-8-10-20(27)11-9-18)32(29-22)25(33)17-31(13-14-35-2)26(34)19-5-3-6-21(28)15-19/h3-12,15,24H,13-14,16-17H2,1-2H3/t24-/m0/s1. The normalized spacial score (nSPS) is 15.3. The van der Waals surface area contributed by atoms with Crippen molar-refractivity contribution >= 4 is 17.5 Å². The van der Waals surface area contributed by atoms with E-state index in [0.29, 0.717) is 12.1 Å². The van der Waals surface area contributed by atoms with E-state index in [1.54, 1.807) is 12.1 Å². The van der Waals surface area contributed by atoms with Crippen molar-refractivity contribution in [2.75, 3.05) is 26.8 Å². The molecule has 2 amide bonds. The molecule has 2 heterocycles. The molecule has 1 aliphatic rings. The fourth-order valence-corrected chi connectivity index (χ4v) is 4.09. The van der Waals surface area contributed by atoms with Crippen molar-refractivity contribution in [1.82, 2.24) is 14.5 Å². The number of ether oxygens (including phenoxy) is 1. The number of hydrazone groups is 1. The number of hydrogen-bond acceptors (Lipinski definition) is 4. The Balaban J connectivity index is 1.62. The van der Waals surface area contributed by atoms with Gasteiger partial charge in [0.1, 0.15) is 18.2 Å². The molecule has 35 heavy (non-hydrogen) atoms. The number of amides is 2. The van der Waals surface area contributed by atoms with E-state index in [0.717, 1.165) is 17.3 Å². The van der Waals surface area contributed by atoms with Gasteiger partial charge in [0.25, 0.3) is 11.8 Å². The second kappa shape index (κ2) is 10.6. The molecule has 0 spiro atoms. The lowest BCUT2D eigenvalue weighted by Crippen LogP contribution is -2.42. The Hall–Kier alpha value is -3.85. The predicted octanol–water partition coefficient (Wildman–Crippen LogP) is 3.77. The number of aromatic nitrogens is 1. The van der Waals surface area contributed by atoms with E-state index >= 15 is 0 Å². The molecule has 2 aromatic carbocycles. The predicted molar refractivity (Wildman–Crippen MR) is 127 cm³/mol. The van der Waals surface area contributed by atoms with Crippen molar-refractivity contribution < 1.29 is 23.1 Å². The molecular formula is C26H26F2N4O3. The monoisotopic (exact) mass is 480 g/mol. The molecule has 9 heteroatoms. The van der Waals surface area contributed by atoms with Crippen LogP contribution in [0.25, 0.3) is 0 Å². The molecular weight excluding hydrogens is 454 g/mol. The molecule has 0 radical (unpaired) electrons. The zero-order valence-electron chi connectivity index (χ0n) is 19.5. The first kappa shape index (κ1) is 24.3. The second-order valence-corrected chi connectivity index (χ2v) is 8.29. The second-order valence-electron chi connectivity index (χ2n) is 8.29. The highest BCUT2D eigenvalue weighted by molar-refractivity contribution is 6.02. The van der Waals surface area contributed by atoms with Crippen LogP contribution in [0.1, 0.15) is 34.1 Å². The lowest BCUT2D eigenvalue weighted by Gasteiger charge is -2.27. The molecule has 0 saturated carbocycles. The first-order chi connectivity index (χ1) is 16.9. The summed E-state index contributed by atoms with van der Waals surface area (Å²) in [6.07, 6.45) is 2.32. The number of rotatable bonds is 8. The average molecular weight is 481 g/mol. The first-order valence-corrected chi connectivity index (χ1v) is 11.2. The van der Waals surface area contributed by atoms with Crippen LogP contribution in [0.15, 0.2) is 72.0 Å². The van der Waals surface area contributed by atoms with Crippen molar-refractivity contribution in [2.45, 2.75) is 12.5 Å². The zero-order chi connectivity index (χ0) is 24.9. The maximum absolute atomic E-state index is 13.7. The van der Waals surface area contributed by atoms with Gasteiger partial charge in [-0.05, 0) is 48.0 Å². The minimum atomic E-state index is -0.540. The van der Waals surface area contributed by atoms with E-state index in [4.69, 9.17) is 4.74 Å². The molecule has 1 atom stereocenters. The van der Waals surface area contributed by atoms with Crippen LogP contribution >= 0.6 is 0 Å². The number of methoxy groups -OCH3 is 1. The molecule has 0 aliphatic carbocycles. The van der Waals surface area contributed by atoms with Gasteiger partial charge in [0.05, 0.1) is 24.1 Å². The number of hydrogen-bond donors (Lipinski definition) is 0. The molecule has 0 saturated heterocycles. The van der Waals surface area contributed by atoms with E-state index in [-0.39, 0.29) is 31.1 Å². The average Bonchev–Trinajstić information content (AvgIpc) is 3.48. The summed E-state index contributed by atoms with van der Waals surface area (Å²) in [4.78, 5) is 27.9. The summed E-state index contributed by atoms with van der Waals surface area (Å²) in [7, 11) is 3.38. The molecule has 0 N–H and O–H groups in total. The maximum Gasteiger partial charge on any atom is 0.262 e. The third-order valence-electron chi connectivity index (χ3n) is 5.91. The third kappa shape index (κ3) is 5.46. The Bertz CT molecular complexity index is 1240. The lowest BCUT2D eigenvalue weighted by molar-refractivity contribution is -0.133. The molecule has 7 nitrogen and oxygen atoms in total. The SMILES string of the molecule is COCCN(CC(=O)N1N=C(c2cccn2C)C[C@H]1c1ccc(F)cc1)C(=O)c1cccc(F)c1. The van der Waals surface area contributed by atoms with Crippen LogP contribution in [0.3, 0.4) is 0 Å². The van der Waals surface area contributed by atoms with Crippen molar-refractivity contribution in [3.63, 3.8) is 0 Å². The smallest absolute Gasteiger partial charge is 0.262 e. The fourth-order valence-electron chi connectivity index (χ4n) is 4.09. The van der Waals surface area contributed by atoms with Gasteiger partial charge in [-0.3, -0.25) is 9.59 Å².